The van der Waals surface area contributed by atoms with Gasteiger partial charge in [-0.15, -0.1) is 0 Å². The maximum atomic E-state index is 14.0. The van der Waals surface area contributed by atoms with E-state index in [2.05, 4.69) is 47.0 Å². The first-order valence-electron chi connectivity index (χ1n) is 17.2. The molecule has 0 aliphatic carbocycles. The van der Waals surface area contributed by atoms with Crippen LogP contribution in [0.25, 0.3) is 0 Å². The van der Waals surface area contributed by atoms with Crippen LogP contribution in [0.15, 0.2) is 152 Å². The van der Waals surface area contributed by atoms with Gasteiger partial charge in [-0.1, -0.05) is 115 Å². The summed E-state index contributed by atoms with van der Waals surface area (Å²) in [4.78, 5) is 40.8. The van der Waals surface area contributed by atoms with Gasteiger partial charge >= 0.3 is 12.1 Å². The van der Waals surface area contributed by atoms with Crippen molar-refractivity contribution in [3.63, 3.8) is 0 Å². The molecule has 2 atom stereocenters. The Balaban J connectivity index is 0.00000605. The Bertz CT molecular complexity index is 1740. The van der Waals surface area contributed by atoms with Gasteiger partial charge in [0.25, 0.3) is 0 Å². The van der Waals surface area contributed by atoms with E-state index in [1.807, 2.05) is 115 Å². The average Bonchev–Trinajstić information content (AvgIpc) is 3.14. The fourth-order valence-electron chi connectivity index (χ4n) is 6.09. The van der Waals surface area contributed by atoms with Crippen molar-refractivity contribution >= 4 is 41.1 Å². The molecule has 52 heavy (non-hydrogen) atoms. The van der Waals surface area contributed by atoms with E-state index in [9.17, 15) is 14.4 Å². The van der Waals surface area contributed by atoms with Crippen LogP contribution < -0.4 is 39.0 Å². The van der Waals surface area contributed by atoms with E-state index in [-0.39, 0.29) is 31.9 Å². The molecule has 0 fully saturated rings. The molecule has 0 saturated heterocycles. The Hall–Kier alpha value is -4.97. The number of alkyl carbamates (subject to hydrolysis) is 1. The van der Waals surface area contributed by atoms with Gasteiger partial charge in [-0.2, -0.15) is 0 Å². The third-order valence-electron chi connectivity index (χ3n) is 8.43. The molecule has 0 spiro atoms. The first kappa shape index (κ1) is 39.8. The van der Waals surface area contributed by atoms with E-state index in [4.69, 9.17) is 9.47 Å². The lowest BCUT2D eigenvalue weighted by atomic mass is 10.0. The molecular formula is C43H46ClN2O5P. The molecule has 270 valence electrons. The summed E-state index contributed by atoms with van der Waals surface area (Å²) >= 11 is 0. The van der Waals surface area contributed by atoms with Gasteiger partial charge in [0, 0.05) is 12.8 Å². The lowest BCUT2D eigenvalue weighted by Gasteiger charge is -2.28. The Morgan fingerprint density at radius 1 is 0.577 bits per heavy atom. The van der Waals surface area contributed by atoms with Crippen molar-refractivity contribution in [3.05, 3.63) is 163 Å². The smallest absolute Gasteiger partial charge is 0.407 e. The summed E-state index contributed by atoms with van der Waals surface area (Å²) in [5.41, 5.74) is 0.957. The SMILES string of the molecule is CC(C)(C)OC(=O)C(Cc1ccccc1)NC(=O)C(Cc1ccccc1)NC(=O)OCC[P+](c1ccccc1)(c1ccccc1)c1ccccc1.[Cl-]. The van der Waals surface area contributed by atoms with E-state index >= 15 is 0 Å². The number of nitrogens with one attached hydrogen (secondary N) is 2. The molecular weight excluding hydrogens is 691 g/mol. The highest BCUT2D eigenvalue weighted by atomic mass is 35.5. The second-order valence-electron chi connectivity index (χ2n) is 13.3. The van der Waals surface area contributed by atoms with Gasteiger partial charge in [-0.3, -0.25) is 4.79 Å². The molecule has 0 bridgehead atoms. The van der Waals surface area contributed by atoms with E-state index in [0.29, 0.717) is 6.16 Å². The summed E-state index contributed by atoms with van der Waals surface area (Å²) < 4.78 is 11.6. The minimum Gasteiger partial charge on any atom is -1.00 e. The first-order valence-corrected chi connectivity index (χ1v) is 19.2. The molecule has 0 saturated carbocycles. The molecule has 7 nitrogen and oxygen atoms in total. The lowest BCUT2D eigenvalue weighted by molar-refractivity contribution is -0.158. The van der Waals surface area contributed by atoms with Gasteiger partial charge in [0.15, 0.2) is 0 Å². The number of hydrogen-bond acceptors (Lipinski definition) is 5. The van der Waals surface area contributed by atoms with Crippen LogP contribution in [0, 0.1) is 0 Å². The Labute approximate surface area is 313 Å². The third kappa shape index (κ3) is 11.0. The monoisotopic (exact) mass is 736 g/mol. The number of carbonyl (C=O) groups is 3. The lowest BCUT2D eigenvalue weighted by Crippen LogP contribution is -3.00. The highest BCUT2D eigenvalue weighted by Gasteiger charge is 2.45. The van der Waals surface area contributed by atoms with Gasteiger partial charge < -0.3 is 32.5 Å². The normalized spacial score (nSPS) is 12.4. The Kier molecular flexibility index (Phi) is 14.6. The zero-order chi connectivity index (χ0) is 36.1. The standard InChI is InChI=1S/C43H45N2O5P.ClH/c1-43(2,3)50-41(47)39(32-34-21-11-5-12-22-34)44-40(46)38(31-33-19-9-4-10-20-33)45-42(48)49-29-30-51(35-23-13-6-14-24-35,36-25-15-7-16-26-36)37-27-17-8-18-28-37;/h4-28,38-39H,29-32H2,1-3H3,(H-,44,45,46,48);1H. The van der Waals surface area contributed by atoms with Crippen LogP contribution >= 0.6 is 7.26 Å². The van der Waals surface area contributed by atoms with Gasteiger partial charge in [0.2, 0.25) is 5.91 Å². The van der Waals surface area contributed by atoms with Crippen molar-refractivity contribution < 1.29 is 36.3 Å². The van der Waals surface area contributed by atoms with Crippen LogP contribution in [0.3, 0.4) is 0 Å². The van der Waals surface area contributed by atoms with Crippen molar-refractivity contribution in [2.45, 2.75) is 51.3 Å². The molecule has 5 rings (SSSR count). The summed E-state index contributed by atoms with van der Waals surface area (Å²) in [5, 5.41) is 9.23. The van der Waals surface area contributed by atoms with Crippen LogP contribution in [0.2, 0.25) is 0 Å². The molecule has 0 aliphatic heterocycles. The van der Waals surface area contributed by atoms with E-state index in [0.717, 1.165) is 11.1 Å². The summed E-state index contributed by atoms with van der Waals surface area (Å²) in [6.07, 6.45) is 0.277. The fraction of sp³-hybridized carbons (Fsp3) is 0.233. The molecule has 0 radical (unpaired) electrons. The highest BCUT2D eigenvalue weighted by molar-refractivity contribution is 7.95. The summed E-state index contributed by atoms with van der Waals surface area (Å²) in [6, 6.07) is 48.0. The number of rotatable bonds is 14. The molecule has 2 amide bonds. The number of esters is 1. The predicted molar refractivity (Wildman–Crippen MR) is 206 cm³/mol. The first-order chi connectivity index (χ1) is 24.6. The zero-order valence-corrected chi connectivity index (χ0v) is 31.4. The second-order valence-corrected chi connectivity index (χ2v) is 17.0. The third-order valence-corrected chi connectivity index (χ3v) is 12.8. The van der Waals surface area contributed by atoms with Crippen molar-refractivity contribution in [2.24, 2.45) is 0 Å². The van der Waals surface area contributed by atoms with Gasteiger partial charge in [-0.25, -0.2) is 9.59 Å². The Morgan fingerprint density at radius 2 is 0.962 bits per heavy atom. The minimum atomic E-state index is -2.23. The number of hydrogen-bond donors (Lipinski definition) is 2. The average molecular weight is 737 g/mol. The minimum absolute atomic E-state index is 0. The van der Waals surface area contributed by atoms with Crippen LogP contribution in [0.4, 0.5) is 4.79 Å². The molecule has 2 N–H and O–H groups in total. The number of amides is 2. The molecule has 9 heteroatoms. The van der Waals surface area contributed by atoms with Crippen LogP contribution in [0.5, 0.6) is 0 Å². The number of benzene rings is 5. The molecule has 0 heterocycles. The van der Waals surface area contributed by atoms with Gasteiger partial charge in [-0.05, 0) is 68.3 Å². The summed E-state index contributed by atoms with van der Waals surface area (Å²) in [7, 11) is -2.23. The van der Waals surface area contributed by atoms with Crippen LogP contribution in [-0.4, -0.2) is 48.4 Å². The molecule has 5 aromatic rings. The number of ether oxygens (including phenoxy) is 2. The number of halogens is 1. The molecule has 0 aliphatic rings. The molecule has 0 aromatic heterocycles. The van der Waals surface area contributed by atoms with E-state index in [1.54, 1.807) is 20.8 Å². The van der Waals surface area contributed by atoms with Crippen molar-refractivity contribution in [1.29, 1.82) is 0 Å². The Morgan fingerprint density at radius 3 is 1.37 bits per heavy atom. The maximum absolute atomic E-state index is 14.0. The largest absolute Gasteiger partial charge is 1.00 e. The van der Waals surface area contributed by atoms with Crippen molar-refractivity contribution in [3.8, 4) is 0 Å². The van der Waals surface area contributed by atoms with E-state index < -0.39 is 42.9 Å². The zero-order valence-electron chi connectivity index (χ0n) is 29.8. The molecule has 5 aromatic carbocycles. The second kappa shape index (κ2) is 19.0. The van der Waals surface area contributed by atoms with Crippen LogP contribution in [-0.2, 0) is 31.9 Å². The van der Waals surface area contributed by atoms with Crippen molar-refractivity contribution in [2.75, 3.05) is 12.8 Å². The van der Waals surface area contributed by atoms with E-state index in [1.165, 1.54) is 15.9 Å². The van der Waals surface area contributed by atoms with Gasteiger partial charge in [0.05, 0.1) is 0 Å². The van der Waals surface area contributed by atoms with Crippen LogP contribution in [0.1, 0.15) is 31.9 Å². The number of carbonyl (C=O) groups excluding carboxylic acids is 3. The predicted octanol–water partition coefficient (Wildman–Crippen LogP) is 3.39. The fourth-order valence-corrected chi connectivity index (χ4v) is 10.2. The van der Waals surface area contributed by atoms with Crippen molar-refractivity contribution in [1.82, 2.24) is 10.6 Å². The molecule has 2 unspecified atom stereocenters. The maximum Gasteiger partial charge on any atom is 0.407 e. The highest BCUT2D eigenvalue weighted by Crippen LogP contribution is 2.55. The van der Waals surface area contributed by atoms with Gasteiger partial charge in [0.1, 0.15) is 53.6 Å². The quantitative estimate of drug-likeness (QED) is 0.135. The summed E-state index contributed by atoms with van der Waals surface area (Å²) in [5.74, 6) is -1.06. The topological polar surface area (TPSA) is 93.7 Å². The summed E-state index contributed by atoms with van der Waals surface area (Å²) in [6.45, 7) is 5.47.